The number of piperidine rings is 1. The molecule has 1 unspecified atom stereocenters. The molecule has 0 amide bonds. The van der Waals surface area contributed by atoms with E-state index in [1.165, 1.54) is 37.2 Å². The maximum atomic E-state index is 3.55. The van der Waals surface area contributed by atoms with Crippen molar-refractivity contribution >= 4 is 5.69 Å². The topological polar surface area (TPSA) is 24.1 Å². The van der Waals surface area contributed by atoms with E-state index < -0.39 is 0 Å². The van der Waals surface area contributed by atoms with Crippen molar-refractivity contribution in [1.29, 1.82) is 0 Å². The largest absolute Gasteiger partial charge is 0.384 e. The maximum Gasteiger partial charge on any atom is 0.0376 e. The van der Waals surface area contributed by atoms with Crippen molar-refractivity contribution < 1.29 is 0 Å². The molecule has 2 heterocycles. The lowest BCUT2D eigenvalue weighted by molar-refractivity contribution is 0.330. The Labute approximate surface area is 97.4 Å². The third-order valence-corrected chi connectivity index (χ3v) is 4.07. The summed E-state index contributed by atoms with van der Waals surface area (Å²) in [5.41, 5.74) is 4.32. The number of hydrogen-bond acceptors (Lipinski definition) is 2. The van der Waals surface area contributed by atoms with Crippen molar-refractivity contribution in [2.75, 3.05) is 25.0 Å². The lowest BCUT2D eigenvalue weighted by Gasteiger charge is -2.28. The highest BCUT2D eigenvalue weighted by Crippen LogP contribution is 2.39. The smallest absolute Gasteiger partial charge is 0.0376 e. The Morgan fingerprint density at radius 1 is 1.19 bits per heavy atom. The molecular weight excluding hydrogens is 196 g/mol. The van der Waals surface area contributed by atoms with Gasteiger partial charge >= 0.3 is 0 Å². The highest BCUT2D eigenvalue weighted by Gasteiger charge is 2.30. The van der Waals surface area contributed by atoms with Gasteiger partial charge in [-0.1, -0.05) is 17.7 Å². The summed E-state index contributed by atoms with van der Waals surface area (Å²) < 4.78 is 0. The minimum Gasteiger partial charge on any atom is -0.384 e. The van der Waals surface area contributed by atoms with Crippen LogP contribution in [0, 0.1) is 12.8 Å². The van der Waals surface area contributed by atoms with Gasteiger partial charge in [-0.25, -0.2) is 0 Å². The van der Waals surface area contributed by atoms with E-state index in [1.807, 2.05) is 0 Å². The summed E-state index contributed by atoms with van der Waals surface area (Å²) in [5, 5.41) is 7.01. The van der Waals surface area contributed by atoms with Gasteiger partial charge < -0.3 is 10.6 Å². The first-order valence-electron chi connectivity index (χ1n) is 6.40. The summed E-state index contributed by atoms with van der Waals surface area (Å²) in [5.74, 6) is 1.62. The van der Waals surface area contributed by atoms with E-state index in [4.69, 9.17) is 0 Å². The van der Waals surface area contributed by atoms with Gasteiger partial charge in [0, 0.05) is 18.2 Å². The zero-order chi connectivity index (χ0) is 11.0. The van der Waals surface area contributed by atoms with E-state index in [2.05, 4.69) is 35.8 Å². The minimum absolute atomic E-state index is 0.747. The summed E-state index contributed by atoms with van der Waals surface area (Å²) in [6, 6.07) is 6.82. The average Bonchev–Trinajstić information content (AvgIpc) is 2.73. The zero-order valence-corrected chi connectivity index (χ0v) is 9.92. The fraction of sp³-hybridized carbons (Fsp3) is 0.571. The summed E-state index contributed by atoms with van der Waals surface area (Å²) >= 11 is 0. The van der Waals surface area contributed by atoms with Crippen LogP contribution in [0.15, 0.2) is 18.2 Å². The predicted molar refractivity (Wildman–Crippen MR) is 68.0 cm³/mol. The van der Waals surface area contributed by atoms with Gasteiger partial charge in [0.1, 0.15) is 0 Å². The number of hydrogen-bond donors (Lipinski definition) is 2. The number of anilines is 1. The molecule has 2 heteroatoms. The Bertz CT molecular complexity index is 380. The van der Waals surface area contributed by atoms with Crippen LogP contribution in [-0.2, 0) is 0 Å². The fourth-order valence-corrected chi connectivity index (χ4v) is 3.15. The normalized spacial score (nSPS) is 25.2. The van der Waals surface area contributed by atoms with Gasteiger partial charge in [0.05, 0.1) is 0 Å². The summed E-state index contributed by atoms with van der Waals surface area (Å²) in [4.78, 5) is 0. The molecule has 2 nitrogen and oxygen atoms in total. The Morgan fingerprint density at radius 2 is 2.00 bits per heavy atom. The molecular formula is C14H20N2. The lowest BCUT2D eigenvalue weighted by atomic mass is 9.81. The molecule has 1 saturated heterocycles. The summed E-state index contributed by atoms with van der Waals surface area (Å²) in [6.45, 7) is 5.73. The van der Waals surface area contributed by atoms with Gasteiger partial charge in [-0.2, -0.15) is 0 Å². The molecule has 0 bridgehead atoms. The van der Waals surface area contributed by atoms with Crippen LogP contribution in [0.4, 0.5) is 5.69 Å². The maximum absolute atomic E-state index is 3.55. The third-order valence-electron chi connectivity index (χ3n) is 4.07. The van der Waals surface area contributed by atoms with E-state index in [0.717, 1.165) is 18.4 Å². The molecule has 0 spiro atoms. The van der Waals surface area contributed by atoms with Crippen molar-refractivity contribution in [2.45, 2.75) is 25.7 Å². The Kier molecular flexibility index (Phi) is 2.60. The van der Waals surface area contributed by atoms with Gasteiger partial charge in [0.25, 0.3) is 0 Å². The number of rotatable bonds is 1. The second kappa shape index (κ2) is 4.10. The van der Waals surface area contributed by atoms with E-state index in [-0.39, 0.29) is 0 Å². The fourth-order valence-electron chi connectivity index (χ4n) is 3.15. The van der Waals surface area contributed by atoms with Crippen LogP contribution in [-0.4, -0.2) is 19.6 Å². The molecule has 1 atom stereocenters. The van der Waals surface area contributed by atoms with Crippen LogP contribution in [0.1, 0.15) is 29.9 Å². The van der Waals surface area contributed by atoms with Crippen LogP contribution in [0.25, 0.3) is 0 Å². The SMILES string of the molecule is Cc1ccc2c(c1)C(C1CCNCC1)CN2. The molecule has 1 aromatic rings. The van der Waals surface area contributed by atoms with Gasteiger partial charge in [0.15, 0.2) is 0 Å². The molecule has 86 valence electrons. The number of fused-ring (bicyclic) bond motifs is 1. The van der Waals surface area contributed by atoms with Crippen LogP contribution in [0.3, 0.4) is 0 Å². The molecule has 0 radical (unpaired) electrons. The molecule has 1 aromatic carbocycles. The monoisotopic (exact) mass is 216 g/mol. The number of aryl methyl sites for hydroxylation is 1. The number of nitrogens with one attached hydrogen (secondary N) is 2. The second-order valence-electron chi connectivity index (χ2n) is 5.17. The quantitative estimate of drug-likeness (QED) is 0.753. The minimum atomic E-state index is 0.747. The van der Waals surface area contributed by atoms with Crippen LogP contribution in [0.5, 0.6) is 0 Å². The first kappa shape index (κ1) is 10.2. The van der Waals surface area contributed by atoms with Gasteiger partial charge in [-0.05, 0) is 50.4 Å². The molecule has 1 fully saturated rings. The number of benzene rings is 1. The van der Waals surface area contributed by atoms with Gasteiger partial charge in [0.2, 0.25) is 0 Å². The Balaban J connectivity index is 1.86. The molecule has 2 aliphatic heterocycles. The lowest BCUT2D eigenvalue weighted by Crippen LogP contribution is -2.31. The van der Waals surface area contributed by atoms with Crippen molar-refractivity contribution in [2.24, 2.45) is 5.92 Å². The van der Waals surface area contributed by atoms with E-state index in [1.54, 1.807) is 5.56 Å². The van der Waals surface area contributed by atoms with Crippen molar-refractivity contribution in [3.63, 3.8) is 0 Å². The van der Waals surface area contributed by atoms with E-state index in [9.17, 15) is 0 Å². The van der Waals surface area contributed by atoms with E-state index in [0.29, 0.717) is 0 Å². The van der Waals surface area contributed by atoms with Gasteiger partial charge in [-0.15, -0.1) is 0 Å². The van der Waals surface area contributed by atoms with Crippen LogP contribution >= 0.6 is 0 Å². The first-order chi connectivity index (χ1) is 7.84. The Hall–Kier alpha value is -1.02. The predicted octanol–water partition coefficient (Wildman–Crippen LogP) is 2.50. The van der Waals surface area contributed by atoms with Crippen molar-refractivity contribution in [3.8, 4) is 0 Å². The van der Waals surface area contributed by atoms with Crippen molar-refractivity contribution in [3.05, 3.63) is 29.3 Å². The molecule has 16 heavy (non-hydrogen) atoms. The molecule has 2 N–H and O–H groups in total. The standard InChI is InChI=1S/C14H20N2/c1-10-2-3-14-12(8-10)13(9-16-14)11-4-6-15-7-5-11/h2-3,8,11,13,15-16H,4-7,9H2,1H3. The summed E-state index contributed by atoms with van der Waals surface area (Å²) in [7, 11) is 0. The van der Waals surface area contributed by atoms with Crippen molar-refractivity contribution in [1.82, 2.24) is 5.32 Å². The average molecular weight is 216 g/mol. The van der Waals surface area contributed by atoms with Crippen LogP contribution in [0.2, 0.25) is 0 Å². The molecule has 0 aromatic heterocycles. The molecule has 0 saturated carbocycles. The van der Waals surface area contributed by atoms with Gasteiger partial charge in [-0.3, -0.25) is 0 Å². The Morgan fingerprint density at radius 3 is 2.81 bits per heavy atom. The second-order valence-corrected chi connectivity index (χ2v) is 5.17. The third kappa shape index (κ3) is 1.71. The van der Waals surface area contributed by atoms with Crippen LogP contribution < -0.4 is 10.6 Å². The highest BCUT2D eigenvalue weighted by atomic mass is 14.9. The zero-order valence-electron chi connectivity index (χ0n) is 9.92. The first-order valence-corrected chi connectivity index (χ1v) is 6.40. The summed E-state index contributed by atoms with van der Waals surface area (Å²) in [6.07, 6.45) is 2.67. The molecule has 2 aliphatic rings. The molecule has 0 aliphatic carbocycles. The highest BCUT2D eigenvalue weighted by molar-refractivity contribution is 5.59. The van der Waals surface area contributed by atoms with E-state index >= 15 is 0 Å². The molecule has 3 rings (SSSR count).